The molecule has 0 spiro atoms. The molecule has 0 fully saturated rings. The molecule has 0 heterocycles. The molecular weight excluding hydrogens is 246 g/mol. The Kier molecular flexibility index (Phi) is 5.05. The minimum absolute atomic E-state index is 0.276. The van der Waals surface area contributed by atoms with Crippen LogP contribution in [0.2, 0.25) is 0 Å². The van der Waals surface area contributed by atoms with E-state index >= 15 is 0 Å². The second-order valence-electron chi connectivity index (χ2n) is 5.15. The molecule has 0 saturated heterocycles. The maximum absolute atomic E-state index is 5.60. The number of ether oxygens (including phenoxy) is 1. The van der Waals surface area contributed by atoms with E-state index in [1.54, 1.807) is 0 Å². The maximum atomic E-state index is 5.60. The maximum Gasteiger partial charge on any atom is 0.119 e. The molecule has 0 saturated carbocycles. The Labute approximate surface area is 121 Å². The monoisotopic (exact) mass is 269 g/mol. The van der Waals surface area contributed by atoms with Crippen LogP contribution in [0, 0.1) is 6.92 Å². The van der Waals surface area contributed by atoms with Gasteiger partial charge in [0.2, 0.25) is 0 Å². The van der Waals surface area contributed by atoms with Crippen LogP contribution in [-0.4, -0.2) is 6.61 Å². The average Bonchev–Trinajstić information content (AvgIpc) is 2.48. The SMILES string of the molecule is CCCOc1ccc(C(C)Nc2ccc(C)cc2)cc1. The van der Waals surface area contributed by atoms with Crippen LogP contribution in [0.5, 0.6) is 5.75 Å². The zero-order chi connectivity index (χ0) is 14.4. The Balaban J connectivity index is 1.98. The Morgan fingerprint density at radius 2 is 1.65 bits per heavy atom. The molecular formula is C18H23NO. The highest BCUT2D eigenvalue weighted by molar-refractivity contribution is 5.46. The van der Waals surface area contributed by atoms with E-state index in [0.717, 1.165) is 24.5 Å². The van der Waals surface area contributed by atoms with Crippen LogP contribution >= 0.6 is 0 Å². The summed E-state index contributed by atoms with van der Waals surface area (Å²) >= 11 is 0. The van der Waals surface area contributed by atoms with Crippen LogP contribution in [-0.2, 0) is 0 Å². The molecule has 1 N–H and O–H groups in total. The van der Waals surface area contributed by atoms with Gasteiger partial charge in [0, 0.05) is 11.7 Å². The standard InChI is InChI=1S/C18H23NO/c1-4-13-20-18-11-7-16(8-12-18)15(3)19-17-9-5-14(2)6-10-17/h5-12,15,19H,4,13H2,1-3H3. The zero-order valence-electron chi connectivity index (χ0n) is 12.5. The molecule has 20 heavy (non-hydrogen) atoms. The first-order chi connectivity index (χ1) is 9.69. The van der Waals surface area contributed by atoms with Gasteiger partial charge in [-0.15, -0.1) is 0 Å². The van der Waals surface area contributed by atoms with Gasteiger partial charge in [0.1, 0.15) is 5.75 Å². The lowest BCUT2D eigenvalue weighted by molar-refractivity contribution is 0.317. The molecule has 0 bridgehead atoms. The van der Waals surface area contributed by atoms with Crippen LogP contribution in [0.25, 0.3) is 0 Å². The molecule has 2 heteroatoms. The zero-order valence-corrected chi connectivity index (χ0v) is 12.5. The van der Waals surface area contributed by atoms with E-state index in [1.165, 1.54) is 11.1 Å². The third-order valence-electron chi connectivity index (χ3n) is 3.29. The Morgan fingerprint density at radius 3 is 2.25 bits per heavy atom. The Morgan fingerprint density at radius 1 is 1.00 bits per heavy atom. The number of rotatable bonds is 6. The van der Waals surface area contributed by atoms with Crippen molar-refractivity contribution in [3.63, 3.8) is 0 Å². The molecule has 0 radical (unpaired) electrons. The van der Waals surface area contributed by atoms with Gasteiger partial charge in [0.05, 0.1) is 6.61 Å². The van der Waals surface area contributed by atoms with Crippen LogP contribution in [0.3, 0.4) is 0 Å². The quantitative estimate of drug-likeness (QED) is 0.800. The van der Waals surface area contributed by atoms with Crippen molar-refractivity contribution >= 4 is 5.69 Å². The average molecular weight is 269 g/mol. The fourth-order valence-electron chi connectivity index (χ4n) is 2.06. The van der Waals surface area contributed by atoms with E-state index in [2.05, 4.69) is 62.5 Å². The topological polar surface area (TPSA) is 21.3 Å². The predicted octanol–water partition coefficient (Wildman–Crippen LogP) is 4.96. The van der Waals surface area contributed by atoms with Crippen molar-refractivity contribution < 1.29 is 4.74 Å². The van der Waals surface area contributed by atoms with Crippen molar-refractivity contribution in [2.45, 2.75) is 33.2 Å². The van der Waals surface area contributed by atoms with Crippen molar-refractivity contribution in [3.05, 3.63) is 59.7 Å². The minimum Gasteiger partial charge on any atom is -0.494 e. The van der Waals surface area contributed by atoms with Gasteiger partial charge < -0.3 is 10.1 Å². The second kappa shape index (κ2) is 6.99. The molecule has 0 aromatic heterocycles. The third kappa shape index (κ3) is 4.02. The molecule has 0 aliphatic heterocycles. The van der Waals surface area contributed by atoms with Crippen LogP contribution in [0.15, 0.2) is 48.5 Å². The van der Waals surface area contributed by atoms with E-state index in [9.17, 15) is 0 Å². The van der Waals surface area contributed by atoms with E-state index < -0.39 is 0 Å². The number of anilines is 1. The van der Waals surface area contributed by atoms with Gasteiger partial charge in [-0.3, -0.25) is 0 Å². The predicted molar refractivity (Wildman–Crippen MR) is 85.4 cm³/mol. The molecule has 2 aromatic carbocycles. The third-order valence-corrected chi connectivity index (χ3v) is 3.29. The van der Waals surface area contributed by atoms with Crippen LogP contribution in [0.1, 0.15) is 37.4 Å². The summed E-state index contributed by atoms with van der Waals surface area (Å²) in [6.07, 6.45) is 1.03. The highest BCUT2D eigenvalue weighted by atomic mass is 16.5. The largest absolute Gasteiger partial charge is 0.494 e. The van der Waals surface area contributed by atoms with Crippen molar-refractivity contribution in [1.29, 1.82) is 0 Å². The minimum atomic E-state index is 0.276. The van der Waals surface area contributed by atoms with Gasteiger partial charge >= 0.3 is 0 Å². The van der Waals surface area contributed by atoms with E-state index in [-0.39, 0.29) is 6.04 Å². The molecule has 1 atom stereocenters. The van der Waals surface area contributed by atoms with Crippen molar-refractivity contribution in [2.24, 2.45) is 0 Å². The molecule has 0 aliphatic carbocycles. The molecule has 1 unspecified atom stereocenters. The number of hydrogen-bond donors (Lipinski definition) is 1. The summed E-state index contributed by atoms with van der Waals surface area (Å²) in [5.74, 6) is 0.943. The molecule has 106 valence electrons. The molecule has 2 nitrogen and oxygen atoms in total. The fourth-order valence-corrected chi connectivity index (χ4v) is 2.06. The summed E-state index contributed by atoms with van der Waals surface area (Å²) in [7, 11) is 0. The highest BCUT2D eigenvalue weighted by Crippen LogP contribution is 2.22. The molecule has 2 rings (SSSR count). The van der Waals surface area contributed by atoms with Gasteiger partial charge in [0.25, 0.3) is 0 Å². The van der Waals surface area contributed by atoms with Gasteiger partial charge in [-0.05, 0) is 50.1 Å². The van der Waals surface area contributed by atoms with Gasteiger partial charge in [-0.25, -0.2) is 0 Å². The summed E-state index contributed by atoms with van der Waals surface area (Å²) in [5.41, 5.74) is 3.68. The van der Waals surface area contributed by atoms with Crippen molar-refractivity contribution in [3.8, 4) is 5.75 Å². The first kappa shape index (κ1) is 14.4. The summed E-state index contributed by atoms with van der Waals surface area (Å²) in [6.45, 7) is 7.16. The summed E-state index contributed by atoms with van der Waals surface area (Å²) in [6, 6.07) is 17.1. The van der Waals surface area contributed by atoms with E-state index in [1.807, 2.05) is 12.1 Å². The first-order valence-corrected chi connectivity index (χ1v) is 7.25. The van der Waals surface area contributed by atoms with Gasteiger partial charge in [-0.1, -0.05) is 36.8 Å². The van der Waals surface area contributed by atoms with Gasteiger partial charge in [0.15, 0.2) is 0 Å². The van der Waals surface area contributed by atoms with Gasteiger partial charge in [-0.2, -0.15) is 0 Å². The lowest BCUT2D eigenvalue weighted by atomic mass is 10.1. The number of nitrogens with one attached hydrogen (secondary N) is 1. The summed E-state index contributed by atoms with van der Waals surface area (Å²) < 4.78 is 5.60. The number of hydrogen-bond acceptors (Lipinski definition) is 2. The Hall–Kier alpha value is -1.96. The normalized spacial score (nSPS) is 11.9. The second-order valence-corrected chi connectivity index (χ2v) is 5.15. The van der Waals surface area contributed by atoms with E-state index in [0.29, 0.717) is 0 Å². The smallest absolute Gasteiger partial charge is 0.119 e. The molecule has 0 aliphatic rings. The van der Waals surface area contributed by atoms with Crippen molar-refractivity contribution in [1.82, 2.24) is 0 Å². The molecule has 2 aromatic rings. The number of benzene rings is 2. The Bertz CT molecular complexity index is 516. The lowest BCUT2D eigenvalue weighted by Gasteiger charge is -2.16. The van der Waals surface area contributed by atoms with Crippen LogP contribution in [0.4, 0.5) is 5.69 Å². The first-order valence-electron chi connectivity index (χ1n) is 7.25. The van der Waals surface area contributed by atoms with Crippen molar-refractivity contribution in [2.75, 3.05) is 11.9 Å². The summed E-state index contributed by atoms with van der Waals surface area (Å²) in [5, 5.41) is 3.51. The summed E-state index contributed by atoms with van der Waals surface area (Å²) in [4.78, 5) is 0. The van der Waals surface area contributed by atoms with E-state index in [4.69, 9.17) is 4.74 Å². The van der Waals surface area contributed by atoms with Crippen LogP contribution < -0.4 is 10.1 Å². The lowest BCUT2D eigenvalue weighted by Crippen LogP contribution is -2.06. The fraction of sp³-hybridized carbons (Fsp3) is 0.333. The number of aryl methyl sites for hydroxylation is 1. The highest BCUT2D eigenvalue weighted by Gasteiger charge is 2.05. The molecule has 0 amide bonds.